The van der Waals surface area contributed by atoms with Gasteiger partial charge in [-0.2, -0.15) is 0 Å². The van der Waals surface area contributed by atoms with E-state index in [1.165, 1.54) is 29.7 Å². The first-order chi connectivity index (χ1) is 8.16. The van der Waals surface area contributed by atoms with Crippen LogP contribution in [0.2, 0.25) is 0 Å². The third kappa shape index (κ3) is 2.64. The second-order valence-corrected chi connectivity index (χ2v) is 3.92. The van der Waals surface area contributed by atoms with E-state index in [0.717, 1.165) is 0 Å². The molecule has 7 heteroatoms. The molecule has 1 amide bonds. The third-order valence-corrected chi connectivity index (χ3v) is 2.58. The van der Waals surface area contributed by atoms with Crippen LogP contribution in [0.3, 0.4) is 0 Å². The number of carboxylic acids is 1. The summed E-state index contributed by atoms with van der Waals surface area (Å²) in [4.78, 5) is 29.9. The third-order valence-electron chi connectivity index (χ3n) is 1.89. The zero-order chi connectivity index (χ0) is 12.3. The zero-order valence-electron chi connectivity index (χ0n) is 8.45. The topological polar surface area (TPSA) is 92.2 Å². The highest BCUT2D eigenvalue weighted by molar-refractivity contribution is 7.13. The van der Waals surface area contributed by atoms with Crippen molar-refractivity contribution in [2.75, 3.05) is 5.32 Å². The summed E-state index contributed by atoms with van der Waals surface area (Å²) in [5, 5.41) is 13.5. The van der Waals surface area contributed by atoms with Crippen molar-refractivity contribution in [3.05, 3.63) is 41.2 Å². The Bertz CT molecular complexity index is 554. The minimum Gasteiger partial charge on any atom is -0.477 e. The molecular formula is C10H7N3O3S. The van der Waals surface area contributed by atoms with Gasteiger partial charge in [-0.3, -0.25) is 10.1 Å². The van der Waals surface area contributed by atoms with Crippen LogP contribution in [-0.2, 0) is 0 Å². The minimum absolute atomic E-state index is 0.170. The maximum Gasteiger partial charge on any atom is 0.354 e. The van der Waals surface area contributed by atoms with E-state index < -0.39 is 11.9 Å². The number of carbonyl (C=O) groups is 2. The van der Waals surface area contributed by atoms with Crippen LogP contribution in [0.15, 0.2) is 29.9 Å². The van der Waals surface area contributed by atoms with Crippen LogP contribution in [0.5, 0.6) is 0 Å². The van der Waals surface area contributed by atoms with E-state index in [1.807, 2.05) is 0 Å². The standard InChI is InChI=1S/C10H7N3O3S/c14-8(13-10-12-3-4-17-10)6-1-2-11-7(5-6)9(15)16/h1-5H,(H,15,16)(H,12,13,14). The van der Waals surface area contributed by atoms with Crippen molar-refractivity contribution in [2.45, 2.75) is 0 Å². The molecule has 0 saturated carbocycles. The monoisotopic (exact) mass is 249 g/mol. The van der Waals surface area contributed by atoms with Gasteiger partial charge in [0, 0.05) is 23.3 Å². The van der Waals surface area contributed by atoms with Crippen LogP contribution in [-0.4, -0.2) is 27.0 Å². The van der Waals surface area contributed by atoms with E-state index in [2.05, 4.69) is 15.3 Å². The number of rotatable bonds is 3. The lowest BCUT2D eigenvalue weighted by Crippen LogP contribution is -2.13. The number of aromatic nitrogens is 2. The van der Waals surface area contributed by atoms with E-state index in [-0.39, 0.29) is 11.3 Å². The number of pyridine rings is 1. The molecule has 0 aliphatic rings. The predicted octanol–water partition coefficient (Wildman–Crippen LogP) is 1.49. The fourth-order valence-corrected chi connectivity index (χ4v) is 1.67. The molecule has 0 fully saturated rings. The van der Waals surface area contributed by atoms with Crippen molar-refractivity contribution in [2.24, 2.45) is 0 Å². The van der Waals surface area contributed by atoms with E-state index in [9.17, 15) is 9.59 Å². The fourth-order valence-electron chi connectivity index (χ4n) is 1.14. The second kappa shape index (κ2) is 4.71. The van der Waals surface area contributed by atoms with E-state index >= 15 is 0 Å². The molecule has 6 nitrogen and oxygen atoms in total. The van der Waals surface area contributed by atoms with Gasteiger partial charge in [-0.05, 0) is 12.1 Å². The Morgan fingerprint density at radius 3 is 2.76 bits per heavy atom. The SMILES string of the molecule is O=C(Nc1nccs1)c1ccnc(C(=O)O)c1. The lowest BCUT2D eigenvalue weighted by Gasteiger charge is -2.01. The quantitative estimate of drug-likeness (QED) is 0.859. The minimum atomic E-state index is -1.17. The lowest BCUT2D eigenvalue weighted by molar-refractivity contribution is 0.0690. The molecule has 2 N–H and O–H groups in total. The molecule has 0 spiro atoms. The predicted molar refractivity (Wildman–Crippen MR) is 61.3 cm³/mol. The van der Waals surface area contributed by atoms with Crippen molar-refractivity contribution >= 4 is 28.3 Å². The van der Waals surface area contributed by atoms with Gasteiger partial charge in [-0.1, -0.05) is 0 Å². The summed E-state index contributed by atoms with van der Waals surface area (Å²) >= 11 is 1.28. The Labute approximate surface area is 100.0 Å². The van der Waals surface area contributed by atoms with Gasteiger partial charge in [0.2, 0.25) is 0 Å². The summed E-state index contributed by atoms with van der Waals surface area (Å²) in [5.41, 5.74) is 0.0596. The Kier molecular flexibility index (Phi) is 3.10. The highest BCUT2D eigenvalue weighted by Gasteiger charge is 2.11. The maximum absolute atomic E-state index is 11.7. The molecule has 0 aliphatic carbocycles. The molecule has 0 atom stereocenters. The van der Waals surface area contributed by atoms with Gasteiger partial charge in [-0.15, -0.1) is 11.3 Å². The smallest absolute Gasteiger partial charge is 0.354 e. The first-order valence-corrected chi connectivity index (χ1v) is 5.45. The van der Waals surface area contributed by atoms with Gasteiger partial charge in [0.15, 0.2) is 5.13 Å². The first kappa shape index (κ1) is 11.2. The Morgan fingerprint density at radius 2 is 2.12 bits per heavy atom. The normalized spacial score (nSPS) is 9.88. The second-order valence-electron chi connectivity index (χ2n) is 3.03. The van der Waals surface area contributed by atoms with Crippen LogP contribution in [0.1, 0.15) is 20.8 Å². The number of thiazole rings is 1. The molecule has 0 bridgehead atoms. The molecule has 2 rings (SSSR count). The molecule has 2 heterocycles. The van der Waals surface area contributed by atoms with E-state index in [4.69, 9.17) is 5.11 Å². The van der Waals surface area contributed by atoms with Gasteiger partial charge < -0.3 is 5.11 Å². The van der Waals surface area contributed by atoms with Gasteiger partial charge in [0.05, 0.1) is 0 Å². The van der Waals surface area contributed by atoms with Gasteiger partial charge in [-0.25, -0.2) is 14.8 Å². The summed E-state index contributed by atoms with van der Waals surface area (Å²) < 4.78 is 0. The van der Waals surface area contributed by atoms with Gasteiger partial charge >= 0.3 is 5.97 Å². The summed E-state index contributed by atoms with van der Waals surface area (Å²) in [6.07, 6.45) is 2.84. The summed E-state index contributed by atoms with van der Waals surface area (Å²) in [6.45, 7) is 0. The van der Waals surface area contributed by atoms with Crippen LogP contribution in [0, 0.1) is 0 Å². The molecule has 17 heavy (non-hydrogen) atoms. The van der Waals surface area contributed by atoms with Crippen LogP contribution in [0.4, 0.5) is 5.13 Å². The zero-order valence-corrected chi connectivity index (χ0v) is 9.27. The number of anilines is 1. The molecule has 2 aromatic rings. The Balaban J connectivity index is 2.19. The van der Waals surface area contributed by atoms with Crippen LogP contribution >= 0.6 is 11.3 Å². The van der Waals surface area contributed by atoms with Gasteiger partial charge in [0.25, 0.3) is 5.91 Å². The maximum atomic E-state index is 11.7. The van der Waals surface area contributed by atoms with Crippen LogP contribution < -0.4 is 5.32 Å². The fraction of sp³-hybridized carbons (Fsp3) is 0. The number of hydrogen-bond acceptors (Lipinski definition) is 5. The Morgan fingerprint density at radius 1 is 1.29 bits per heavy atom. The van der Waals surface area contributed by atoms with Crippen molar-refractivity contribution in [1.82, 2.24) is 9.97 Å². The number of hydrogen-bond donors (Lipinski definition) is 2. The molecule has 86 valence electrons. The number of carboxylic acid groups (broad SMARTS) is 1. The van der Waals surface area contributed by atoms with Crippen LogP contribution in [0.25, 0.3) is 0 Å². The molecule has 0 unspecified atom stereocenters. The van der Waals surface area contributed by atoms with Gasteiger partial charge in [0.1, 0.15) is 5.69 Å². The van der Waals surface area contributed by atoms with Crippen molar-refractivity contribution in [3.63, 3.8) is 0 Å². The molecule has 0 saturated heterocycles. The van der Waals surface area contributed by atoms with E-state index in [1.54, 1.807) is 11.6 Å². The number of nitrogens with zero attached hydrogens (tertiary/aromatic N) is 2. The van der Waals surface area contributed by atoms with Crippen molar-refractivity contribution < 1.29 is 14.7 Å². The largest absolute Gasteiger partial charge is 0.477 e. The summed E-state index contributed by atoms with van der Waals surface area (Å²) in [5.74, 6) is -1.58. The molecule has 0 aromatic carbocycles. The Hall–Kier alpha value is -2.28. The number of aromatic carboxylic acids is 1. The average molecular weight is 249 g/mol. The number of amides is 1. The summed E-state index contributed by atoms with van der Waals surface area (Å²) in [7, 11) is 0. The highest BCUT2D eigenvalue weighted by Crippen LogP contribution is 2.12. The molecule has 0 aliphatic heterocycles. The average Bonchev–Trinajstić information content (AvgIpc) is 2.82. The first-order valence-electron chi connectivity index (χ1n) is 4.57. The number of nitrogens with one attached hydrogen (secondary N) is 1. The van der Waals surface area contributed by atoms with Crippen molar-refractivity contribution in [1.29, 1.82) is 0 Å². The molecule has 2 aromatic heterocycles. The van der Waals surface area contributed by atoms with E-state index in [0.29, 0.717) is 5.13 Å². The highest BCUT2D eigenvalue weighted by atomic mass is 32.1. The number of carbonyl (C=O) groups excluding carboxylic acids is 1. The summed E-state index contributed by atoms with van der Waals surface area (Å²) in [6, 6.07) is 2.65. The molecule has 0 radical (unpaired) electrons. The molecular weight excluding hydrogens is 242 g/mol. The lowest BCUT2D eigenvalue weighted by atomic mass is 10.2. The van der Waals surface area contributed by atoms with Crippen molar-refractivity contribution in [3.8, 4) is 0 Å².